The Bertz CT molecular complexity index is 486. The van der Waals surface area contributed by atoms with Gasteiger partial charge in [0.05, 0.1) is 6.10 Å². The SMILES string of the molecule is CC[C@H](Oc1ccc(Cl)c(C)c1)C(=O)NC[C@@H]1CCCO1. The molecule has 1 aliphatic rings. The maximum Gasteiger partial charge on any atom is 0.261 e. The first-order valence-electron chi connectivity index (χ1n) is 7.42. The van der Waals surface area contributed by atoms with Crippen molar-refractivity contribution < 1.29 is 14.3 Å². The molecule has 1 heterocycles. The van der Waals surface area contributed by atoms with E-state index in [4.69, 9.17) is 21.1 Å². The van der Waals surface area contributed by atoms with Crippen molar-refractivity contribution in [2.45, 2.75) is 45.3 Å². The van der Waals surface area contributed by atoms with Crippen LogP contribution in [0.3, 0.4) is 0 Å². The molecule has 1 N–H and O–H groups in total. The molecule has 1 aromatic carbocycles. The van der Waals surface area contributed by atoms with E-state index in [0.717, 1.165) is 25.0 Å². The highest BCUT2D eigenvalue weighted by molar-refractivity contribution is 6.31. The van der Waals surface area contributed by atoms with Gasteiger partial charge in [0, 0.05) is 18.2 Å². The lowest BCUT2D eigenvalue weighted by Gasteiger charge is -2.19. The Balaban J connectivity index is 1.88. The van der Waals surface area contributed by atoms with Crippen LogP contribution < -0.4 is 10.1 Å². The van der Waals surface area contributed by atoms with Crippen LogP contribution in [0.2, 0.25) is 5.02 Å². The Hall–Kier alpha value is -1.26. The summed E-state index contributed by atoms with van der Waals surface area (Å²) in [4.78, 5) is 12.2. The Labute approximate surface area is 130 Å². The Morgan fingerprint density at radius 2 is 2.38 bits per heavy atom. The number of carbonyl (C=O) groups is 1. The van der Waals surface area contributed by atoms with Crippen LogP contribution in [0.15, 0.2) is 18.2 Å². The first kappa shape index (κ1) is 16.1. The molecule has 1 aliphatic heterocycles. The molecule has 1 saturated heterocycles. The first-order chi connectivity index (χ1) is 10.1. The van der Waals surface area contributed by atoms with Crippen molar-refractivity contribution in [3.63, 3.8) is 0 Å². The second-order valence-electron chi connectivity index (χ2n) is 5.31. The lowest BCUT2D eigenvalue weighted by molar-refractivity contribution is -0.128. The van der Waals surface area contributed by atoms with Gasteiger partial charge in [-0.05, 0) is 49.9 Å². The molecule has 2 rings (SSSR count). The number of halogens is 1. The van der Waals surface area contributed by atoms with Crippen LogP contribution in [0, 0.1) is 6.92 Å². The van der Waals surface area contributed by atoms with Crippen LogP contribution in [0.1, 0.15) is 31.7 Å². The van der Waals surface area contributed by atoms with Gasteiger partial charge in [-0.15, -0.1) is 0 Å². The third-order valence-electron chi connectivity index (χ3n) is 3.60. The summed E-state index contributed by atoms with van der Waals surface area (Å²) in [6.07, 6.45) is 2.34. The zero-order valence-corrected chi connectivity index (χ0v) is 13.3. The lowest BCUT2D eigenvalue weighted by atomic mass is 10.2. The second-order valence-corrected chi connectivity index (χ2v) is 5.71. The van der Waals surface area contributed by atoms with Crippen molar-refractivity contribution in [2.75, 3.05) is 13.2 Å². The molecule has 0 radical (unpaired) electrons. The Morgan fingerprint density at radius 1 is 1.57 bits per heavy atom. The summed E-state index contributed by atoms with van der Waals surface area (Å²) in [5, 5.41) is 3.60. The van der Waals surface area contributed by atoms with E-state index in [0.29, 0.717) is 23.7 Å². The normalized spacial score (nSPS) is 19.3. The van der Waals surface area contributed by atoms with Gasteiger partial charge < -0.3 is 14.8 Å². The number of hydrogen-bond donors (Lipinski definition) is 1. The van der Waals surface area contributed by atoms with Gasteiger partial charge in [-0.25, -0.2) is 0 Å². The summed E-state index contributed by atoms with van der Waals surface area (Å²) in [6.45, 7) is 5.18. The molecule has 4 nitrogen and oxygen atoms in total. The maximum atomic E-state index is 12.2. The van der Waals surface area contributed by atoms with Crippen molar-refractivity contribution in [2.24, 2.45) is 0 Å². The van der Waals surface area contributed by atoms with Gasteiger partial charge in [0.1, 0.15) is 5.75 Å². The third kappa shape index (κ3) is 4.61. The summed E-state index contributed by atoms with van der Waals surface area (Å²) in [6, 6.07) is 5.41. The predicted molar refractivity (Wildman–Crippen MR) is 82.9 cm³/mol. The fourth-order valence-electron chi connectivity index (χ4n) is 2.31. The molecule has 1 aromatic rings. The van der Waals surface area contributed by atoms with Crippen LogP contribution in [-0.4, -0.2) is 31.3 Å². The lowest BCUT2D eigenvalue weighted by Crippen LogP contribution is -2.41. The van der Waals surface area contributed by atoms with Gasteiger partial charge in [0.15, 0.2) is 6.10 Å². The molecule has 1 amide bonds. The largest absolute Gasteiger partial charge is 0.481 e. The first-order valence-corrected chi connectivity index (χ1v) is 7.80. The smallest absolute Gasteiger partial charge is 0.261 e. The van der Waals surface area contributed by atoms with E-state index < -0.39 is 6.10 Å². The third-order valence-corrected chi connectivity index (χ3v) is 4.02. The number of carbonyl (C=O) groups excluding carboxylic acids is 1. The summed E-state index contributed by atoms with van der Waals surface area (Å²) in [5.74, 6) is 0.566. The van der Waals surface area contributed by atoms with Crippen LogP contribution in [0.5, 0.6) is 5.75 Å². The number of hydrogen-bond acceptors (Lipinski definition) is 3. The molecule has 116 valence electrons. The van der Waals surface area contributed by atoms with Gasteiger partial charge in [0.25, 0.3) is 5.91 Å². The van der Waals surface area contributed by atoms with E-state index in [2.05, 4.69) is 5.32 Å². The summed E-state index contributed by atoms with van der Waals surface area (Å²) < 4.78 is 11.3. The van der Waals surface area contributed by atoms with E-state index in [-0.39, 0.29) is 12.0 Å². The fraction of sp³-hybridized carbons (Fsp3) is 0.562. The number of rotatable bonds is 6. The second kappa shape index (κ2) is 7.66. The van der Waals surface area contributed by atoms with Gasteiger partial charge in [-0.2, -0.15) is 0 Å². The summed E-state index contributed by atoms with van der Waals surface area (Å²) in [7, 11) is 0. The minimum atomic E-state index is -0.494. The molecular formula is C16H22ClNO3. The number of amides is 1. The molecule has 0 unspecified atom stereocenters. The molecule has 0 aromatic heterocycles. The average Bonchev–Trinajstić information content (AvgIpc) is 2.99. The van der Waals surface area contributed by atoms with Crippen molar-refractivity contribution >= 4 is 17.5 Å². The molecule has 5 heteroatoms. The van der Waals surface area contributed by atoms with E-state index >= 15 is 0 Å². The topological polar surface area (TPSA) is 47.6 Å². The number of ether oxygens (including phenoxy) is 2. The molecule has 0 bridgehead atoms. The monoisotopic (exact) mass is 311 g/mol. The maximum absolute atomic E-state index is 12.2. The molecule has 2 atom stereocenters. The molecule has 0 saturated carbocycles. The Kier molecular flexibility index (Phi) is 5.88. The van der Waals surface area contributed by atoms with Crippen molar-refractivity contribution in [3.05, 3.63) is 28.8 Å². The van der Waals surface area contributed by atoms with Crippen LogP contribution in [0.25, 0.3) is 0 Å². The average molecular weight is 312 g/mol. The minimum absolute atomic E-state index is 0.0967. The van der Waals surface area contributed by atoms with Gasteiger partial charge in [-0.1, -0.05) is 18.5 Å². The van der Waals surface area contributed by atoms with Crippen LogP contribution in [-0.2, 0) is 9.53 Å². The van der Waals surface area contributed by atoms with Crippen molar-refractivity contribution in [3.8, 4) is 5.75 Å². The molecule has 0 aliphatic carbocycles. The molecule has 21 heavy (non-hydrogen) atoms. The van der Waals surface area contributed by atoms with E-state index in [1.807, 2.05) is 19.9 Å². The highest BCUT2D eigenvalue weighted by Crippen LogP contribution is 2.22. The highest BCUT2D eigenvalue weighted by atomic mass is 35.5. The minimum Gasteiger partial charge on any atom is -0.481 e. The summed E-state index contributed by atoms with van der Waals surface area (Å²) in [5.41, 5.74) is 0.934. The standard InChI is InChI=1S/C16H22ClNO3/c1-3-15(16(19)18-10-13-5-4-8-20-13)21-12-6-7-14(17)11(2)9-12/h6-7,9,13,15H,3-5,8,10H2,1-2H3,(H,18,19)/t13-,15-/m0/s1. The number of nitrogens with one attached hydrogen (secondary N) is 1. The van der Waals surface area contributed by atoms with Crippen molar-refractivity contribution in [1.29, 1.82) is 0 Å². The summed E-state index contributed by atoms with van der Waals surface area (Å²) >= 11 is 5.99. The van der Waals surface area contributed by atoms with Crippen molar-refractivity contribution in [1.82, 2.24) is 5.32 Å². The predicted octanol–water partition coefficient (Wildman–Crippen LogP) is 3.10. The van der Waals surface area contributed by atoms with Crippen LogP contribution >= 0.6 is 11.6 Å². The molecular weight excluding hydrogens is 290 g/mol. The quantitative estimate of drug-likeness (QED) is 0.878. The van der Waals surface area contributed by atoms with E-state index in [1.54, 1.807) is 12.1 Å². The van der Waals surface area contributed by atoms with Crippen LogP contribution in [0.4, 0.5) is 0 Å². The Morgan fingerprint density at radius 3 is 3.00 bits per heavy atom. The molecule has 0 spiro atoms. The zero-order valence-electron chi connectivity index (χ0n) is 12.5. The fourth-order valence-corrected chi connectivity index (χ4v) is 2.43. The number of aryl methyl sites for hydroxylation is 1. The van der Waals surface area contributed by atoms with E-state index in [1.165, 1.54) is 0 Å². The number of benzene rings is 1. The zero-order chi connectivity index (χ0) is 15.2. The molecule has 1 fully saturated rings. The van der Waals surface area contributed by atoms with Gasteiger partial charge in [0.2, 0.25) is 0 Å². The van der Waals surface area contributed by atoms with E-state index in [9.17, 15) is 4.79 Å². The highest BCUT2D eigenvalue weighted by Gasteiger charge is 2.21. The van der Waals surface area contributed by atoms with Gasteiger partial charge in [-0.3, -0.25) is 4.79 Å². The van der Waals surface area contributed by atoms with Gasteiger partial charge >= 0.3 is 0 Å².